The maximum absolute atomic E-state index is 11.1. The predicted octanol–water partition coefficient (Wildman–Crippen LogP) is 1.31. The number of hydrogen-bond acceptors (Lipinski definition) is 2. The minimum atomic E-state index is 0.153. The van der Waals surface area contributed by atoms with Crippen LogP contribution in [-0.2, 0) is 9.53 Å². The van der Waals surface area contributed by atoms with E-state index in [4.69, 9.17) is 4.74 Å². The Labute approximate surface area is 60.9 Å². The van der Waals surface area contributed by atoms with E-state index in [1.54, 1.807) is 7.11 Å². The van der Waals surface area contributed by atoms with Gasteiger partial charge in [0.15, 0.2) is 5.78 Å². The van der Waals surface area contributed by atoms with Crippen molar-refractivity contribution in [3.8, 4) is 0 Å². The molecule has 0 aromatic rings. The smallest absolute Gasteiger partial charge is 0.184 e. The maximum Gasteiger partial charge on any atom is 0.184 e. The van der Waals surface area contributed by atoms with Crippen LogP contribution < -0.4 is 0 Å². The van der Waals surface area contributed by atoms with Crippen molar-refractivity contribution < 1.29 is 9.53 Å². The Kier molecular flexibility index (Phi) is 2.63. The molecule has 2 heteroatoms. The highest BCUT2D eigenvalue weighted by atomic mass is 16.5. The van der Waals surface area contributed by atoms with E-state index in [-0.39, 0.29) is 12.4 Å². The lowest BCUT2D eigenvalue weighted by molar-refractivity contribution is -0.119. The van der Waals surface area contributed by atoms with Crippen molar-refractivity contribution in [3.63, 3.8) is 0 Å². The molecule has 56 valence electrons. The third kappa shape index (κ3) is 1.67. The van der Waals surface area contributed by atoms with Gasteiger partial charge in [-0.2, -0.15) is 0 Å². The van der Waals surface area contributed by atoms with Gasteiger partial charge in [0, 0.05) is 7.11 Å². The van der Waals surface area contributed by atoms with Crippen molar-refractivity contribution >= 4 is 5.78 Å². The van der Waals surface area contributed by atoms with Gasteiger partial charge in [-0.3, -0.25) is 4.79 Å². The van der Waals surface area contributed by atoms with Crippen molar-refractivity contribution in [2.24, 2.45) is 0 Å². The van der Waals surface area contributed by atoms with Crippen molar-refractivity contribution in [1.29, 1.82) is 0 Å². The standard InChI is InChI=1S/C8H12O2/c1-10-6-8(9)7-4-2-3-5-7/h4H,2-3,5-6H2,1H3. The number of allylic oxidation sites excluding steroid dienone is 1. The molecule has 0 saturated heterocycles. The van der Waals surface area contributed by atoms with E-state index in [1.807, 2.05) is 6.08 Å². The fraction of sp³-hybridized carbons (Fsp3) is 0.625. The summed E-state index contributed by atoms with van der Waals surface area (Å²) in [5, 5.41) is 0. The summed E-state index contributed by atoms with van der Waals surface area (Å²) >= 11 is 0. The molecule has 0 atom stereocenters. The number of ether oxygens (including phenoxy) is 1. The minimum Gasteiger partial charge on any atom is -0.377 e. The summed E-state index contributed by atoms with van der Waals surface area (Å²) in [7, 11) is 1.55. The summed E-state index contributed by atoms with van der Waals surface area (Å²) in [5.74, 6) is 0.153. The maximum atomic E-state index is 11.1. The molecule has 10 heavy (non-hydrogen) atoms. The average molecular weight is 140 g/mol. The zero-order valence-electron chi connectivity index (χ0n) is 6.22. The Morgan fingerprint density at radius 1 is 1.80 bits per heavy atom. The van der Waals surface area contributed by atoms with Crippen molar-refractivity contribution in [3.05, 3.63) is 11.6 Å². The lowest BCUT2D eigenvalue weighted by atomic mass is 10.1. The van der Waals surface area contributed by atoms with Gasteiger partial charge in [0.25, 0.3) is 0 Å². The summed E-state index contributed by atoms with van der Waals surface area (Å²) < 4.78 is 4.73. The zero-order chi connectivity index (χ0) is 7.40. The van der Waals surface area contributed by atoms with Crippen molar-refractivity contribution in [2.45, 2.75) is 19.3 Å². The van der Waals surface area contributed by atoms with E-state index in [0.717, 1.165) is 24.8 Å². The Bertz CT molecular complexity index is 159. The van der Waals surface area contributed by atoms with E-state index < -0.39 is 0 Å². The van der Waals surface area contributed by atoms with Gasteiger partial charge < -0.3 is 4.74 Å². The van der Waals surface area contributed by atoms with Crippen LogP contribution in [0.3, 0.4) is 0 Å². The van der Waals surface area contributed by atoms with E-state index in [2.05, 4.69) is 0 Å². The van der Waals surface area contributed by atoms with Crippen LogP contribution in [0.15, 0.2) is 11.6 Å². The molecule has 0 heterocycles. The Morgan fingerprint density at radius 3 is 3.10 bits per heavy atom. The van der Waals surface area contributed by atoms with Gasteiger partial charge >= 0.3 is 0 Å². The largest absolute Gasteiger partial charge is 0.377 e. The fourth-order valence-electron chi connectivity index (χ4n) is 1.15. The van der Waals surface area contributed by atoms with Gasteiger partial charge in [0.1, 0.15) is 6.61 Å². The third-order valence-corrected chi connectivity index (χ3v) is 1.67. The molecule has 0 unspecified atom stereocenters. The number of Topliss-reactive ketones (excluding diaryl/α,β-unsaturated/α-hetero) is 1. The molecule has 0 N–H and O–H groups in total. The second-order valence-corrected chi connectivity index (χ2v) is 2.48. The van der Waals surface area contributed by atoms with Crippen LogP contribution in [0, 0.1) is 0 Å². The molecule has 0 aromatic carbocycles. The van der Waals surface area contributed by atoms with Crippen LogP contribution >= 0.6 is 0 Å². The van der Waals surface area contributed by atoms with Crippen LogP contribution in [0.25, 0.3) is 0 Å². The normalized spacial score (nSPS) is 17.1. The van der Waals surface area contributed by atoms with Crippen molar-refractivity contribution in [1.82, 2.24) is 0 Å². The molecule has 0 amide bonds. The van der Waals surface area contributed by atoms with Gasteiger partial charge in [0.05, 0.1) is 0 Å². The molecule has 0 aliphatic heterocycles. The van der Waals surface area contributed by atoms with Crippen molar-refractivity contribution in [2.75, 3.05) is 13.7 Å². The predicted molar refractivity (Wildman–Crippen MR) is 38.8 cm³/mol. The SMILES string of the molecule is COCC(=O)C1=CCCC1. The van der Waals surface area contributed by atoms with Crippen LogP contribution in [0.2, 0.25) is 0 Å². The van der Waals surface area contributed by atoms with Crippen LogP contribution in [0.1, 0.15) is 19.3 Å². The zero-order valence-corrected chi connectivity index (χ0v) is 6.22. The Hall–Kier alpha value is -0.630. The summed E-state index contributed by atoms with van der Waals surface area (Å²) in [6.07, 6.45) is 5.15. The summed E-state index contributed by atoms with van der Waals surface area (Å²) in [6.45, 7) is 0.242. The minimum absolute atomic E-state index is 0.153. The molecule has 0 fully saturated rings. The first-order valence-corrected chi connectivity index (χ1v) is 3.56. The third-order valence-electron chi connectivity index (χ3n) is 1.67. The van der Waals surface area contributed by atoms with Gasteiger partial charge in [-0.25, -0.2) is 0 Å². The summed E-state index contributed by atoms with van der Waals surface area (Å²) in [5.41, 5.74) is 0.960. The van der Waals surface area contributed by atoms with Gasteiger partial charge in [-0.05, 0) is 24.8 Å². The number of rotatable bonds is 3. The van der Waals surface area contributed by atoms with Crippen LogP contribution in [0.4, 0.5) is 0 Å². The molecule has 1 aliphatic carbocycles. The second kappa shape index (κ2) is 3.52. The molecule has 0 saturated carbocycles. The summed E-state index contributed by atoms with van der Waals surface area (Å²) in [6, 6.07) is 0. The van der Waals surface area contributed by atoms with E-state index in [9.17, 15) is 4.79 Å². The lowest BCUT2D eigenvalue weighted by Gasteiger charge is -1.97. The van der Waals surface area contributed by atoms with Gasteiger partial charge in [-0.1, -0.05) is 6.08 Å². The highest BCUT2D eigenvalue weighted by Gasteiger charge is 2.11. The molecule has 1 rings (SSSR count). The number of carbonyl (C=O) groups is 1. The molecular weight excluding hydrogens is 128 g/mol. The molecule has 1 aliphatic rings. The Balaban J connectivity index is 2.40. The summed E-state index contributed by atoms with van der Waals surface area (Å²) in [4.78, 5) is 11.1. The number of ketones is 1. The van der Waals surface area contributed by atoms with E-state index >= 15 is 0 Å². The fourth-order valence-corrected chi connectivity index (χ4v) is 1.15. The lowest BCUT2D eigenvalue weighted by Crippen LogP contribution is -2.07. The Morgan fingerprint density at radius 2 is 2.60 bits per heavy atom. The molecular formula is C8H12O2. The van der Waals surface area contributed by atoms with Crippen LogP contribution in [-0.4, -0.2) is 19.5 Å². The van der Waals surface area contributed by atoms with Gasteiger partial charge in [0.2, 0.25) is 0 Å². The molecule has 0 aromatic heterocycles. The topological polar surface area (TPSA) is 26.3 Å². The number of carbonyl (C=O) groups excluding carboxylic acids is 1. The number of hydrogen-bond donors (Lipinski definition) is 0. The molecule has 0 spiro atoms. The van der Waals surface area contributed by atoms with E-state index in [1.165, 1.54) is 0 Å². The first-order valence-electron chi connectivity index (χ1n) is 3.56. The van der Waals surface area contributed by atoms with Crippen LogP contribution in [0.5, 0.6) is 0 Å². The quantitative estimate of drug-likeness (QED) is 0.590. The highest BCUT2D eigenvalue weighted by molar-refractivity contribution is 5.96. The average Bonchev–Trinajstić information content (AvgIpc) is 2.38. The van der Waals surface area contributed by atoms with Gasteiger partial charge in [-0.15, -0.1) is 0 Å². The molecule has 2 nitrogen and oxygen atoms in total. The highest BCUT2D eigenvalue weighted by Crippen LogP contribution is 2.17. The first-order chi connectivity index (χ1) is 4.84. The first kappa shape index (κ1) is 7.48. The number of methoxy groups -OCH3 is 1. The van der Waals surface area contributed by atoms with E-state index in [0.29, 0.717) is 0 Å². The molecule has 0 radical (unpaired) electrons. The molecule has 0 bridgehead atoms. The monoisotopic (exact) mass is 140 g/mol. The second-order valence-electron chi connectivity index (χ2n) is 2.48.